The van der Waals surface area contributed by atoms with E-state index in [2.05, 4.69) is 4.98 Å². The summed E-state index contributed by atoms with van der Waals surface area (Å²) in [5.74, 6) is -0.136. The Morgan fingerprint density at radius 1 is 1.62 bits per heavy atom. The minimum absolute atomic E-state index is 0.107. The molecule has 1 N–H and O–H groups in total. The van der Waals surface area contributed by atoms with Crippen molar-refractivity contribution in [2.24, 2.45) is 0 Å². The van der Waals surface area contributed by atoms with Crippen LogP contribution in [-0.2, 0) is 4.79 Å². The molecule has 1 rings (SSSR count). The first kappa shape index (κ1) is 12.7. The van der Waals surface area contributed by atoms with E-state index in [1.54, 1.807) is 25.8 Å². The summed E-state index contributed by atoms with van der Waals surface area (Å²) < 4.78 is 5.12. The molecule has 5 heteroatoms. The molecule has 1 heterocycles. The Labute approximate surface area is 95.1 Å². The Balaban J connectivity index is 2.95. The standard InChI is InChI=1S/C11H18N2O3/c1-7(9-8(2)16-6-12-9)13(5)11(3,4)10(14)15/h6-7H,1-5H3,(H,14,15). The van der Waals surface area contributed by atoms with Crippen LogP contribution in [0.3, 0.4) is 0 Å². The Morgan fingerprint density at radius 2 is 2.19 bits per heavy atom. The van der Waals surface area contributed by atoms with Gasteiger partial charge in [-0.15, -0.1) is 0 Å². The van der Waals surface area contributed by atoms with Gasteiger partial charge in [-0.2, -0.15) is 0 Å². The van der Waals surface area contributed by atoms with Crippen LogP contribution in [0, 0.1) is 6.92 Å². The smallest absolute Gasteiger partial charge is 0.323 e. The molecule has 0 saturated heterocycles. The first-order chi connectivity index (χ1) is 7.28. The first-order valence-corrected chi connectivity index (χ1v) is 5.14. The fourth-order valence-electron chi connectivity index (χ4n) is 1.53. The number of hydrogen-bond donors (Lipinski definition) is 1. The van der Waals surface area contributed by atoms with Crippen molar-refractivity contribution < 1.29 is 14.3 Å². The molecule has 0 aromatic carbocycles. The second-order valence-corrected chi connectivity index (χ2v) is 4.44. The predicted octanol–water partition coefficient (Wildman–Crippen LogP) is 1.84. The van der Waals surface area contributed by atoms with Crippen LogP contribution in [0.2, 0.25) is 0 Å². The van der Waals surface area contributed by atoms with E-state index in [0.29, 0.717) is 0 Å². The summed E-state index contributed by atoms with van der Waals surface area (Å²) in [6.07, 6.45) is 1.38. The van der Waals surface area contributed by atoms with E-state index in [4.69, 9.17) is 9.52 Å². The number of carboxylic acid groups (broad SMARTS) is 1. The summed E-state index contributed by atoms with van der Waals surface area (Å²) in [6.45, 7) is 7.07. The van der Waals surface area contributed by atoms with Crippen LogP contribution >= 0.6 is 0 Å². The zero-order valence-corrected chi connectivity index (χ0v) is 10.3. The molecular weight excluding hydrogens is 208 g/mol. The van der Waals surface area contributed by atoms with Crippen molar-refractivity contribution in [3.8, 4) is 0 Å². The Hall–Kier alpha value is -1.36. The van der Waals surface area contributed by atoms with E-state index < -0.39 is 11.5 Å². The Kier molecular flexibility index (Phi) is 3.38. The van der Waals surface area contributed by atoms with Crippen molar-refractivity contribution in [1.82, 2.24) is 9.88 Å². The number of aromatic nitrogens is 1. The fraction of sp³-hybridized carbons (Fsp3) is 0.636. The van der Waals surface area contributed by atoms with Crippen molar-refractivity contribution >= 4 is 5.97 Å². The quantitative estimate of drug-likeness (QED) is 0.848. The Morgan fingerprint density at radius 3 is 2.56 bits per heavy atom. The van der Waals surface area contributed by atoms with Gasteiger partial charge in [0.2, 0.25) is 0 Å². The lowest BCUT2D eigenvalue weighted by molar-refractivity contribution is -0.149. The van der Waals surface area contributed by atoms with Crippen LogP contribution in [0.15, 0.2) is 10.8 Å². The number of rotatable bonds is 4. The first-order valence-electron chi connectivity index (χ1n) is 5.14. The van der Waals surface area contributed by atoms with Gasteiger partial charge in [-0.3, -0.25) is 9.69 Å². The van der Waals surface area contributed by atoms with Crippen molar-refractivity contribution in [2.75, 3.05) is 7.05 Å². The zero-order chi connectivity index (χ0) is 12.5. The van der Waals surface area contributed by atoms with Gasteiger partial charge in [0.05, 0.1) is 11.7 Å². The van der Waals surface area contributed by atoms with E-state index >= 15 is 0 Å². The fourth-order valence-corrected chi connectivity index (χ4v) is 1.53. The van der Waals surface area contributed by atoms with Crippen LogP contribution in [0.5, 0.6) is 0 Å². The van der Waals surface area contributed by atoms with Gasteiger partial charge in [-0.05, 0) is 34.7 Å². The molecule has 0 bridgehead atoms. The molecule has 0 fully saturated rings. The van der Waals surface area contributed by atoms with Gasteiger partial charge in [0.15, 0.2) is 6.39 Å². The molecule has 0 radical (unpaired) electrons. The number of aliphatic carboxylic acids is 1. The molecule has 0 spiro atoms. The van der Waals surface area contributed by atoms with Gasteiger partial charge in [-0.1, -0.05) is 0 Å². The second kappa shape index (κ2) is 4.25. The van der Waals surface area contributed by atoms with Crippen molar-refractivity contribution in [1.29, 1.82) is 0 Å². The molecule has 1 unspecified atom stereocenters. The third-order valence-corrected chi connectivity index (χ3v) is 3.16. The Bertz CT molecular complexity index is 384. The molecule has 1 atom stereocenters. The van der Waals surface area contributed by atoms with Gasteiger partial charge < -0.3 is 9.52 Å². The lowest BCUT2D eigenvalue weighted by Crippen LogP contribution is -2.49. The van der Waals surface area contributed by atoms with Crippen molar-refractivity contribution in [2.45, 2.75) is 39.3 Å². The number of oxazole rings is 1. The molecule has 1 aromatic heterocycles. The maximum atomic E-state index is 11.1. The average Bonchev–Trinajstić information content (AvgIpc) is 2.61. The van der Waals surface area contributed by atoms with E-state index in [0.717, 1.165) is 11.5 Å². The molecule has 90 valence electrons. The maximum Gasteiger partial charge on any atom is 0.323 e. The normalized spacial score (nSPS) is 14.1. The zero-order valence-electron chi connectivity index (χ0n) is 10.3. The summed E-state index contributed by atoms with van der Waals surface area (Å²) in [7, 11) is 1.77. The number of likely N-dealkylation sites (N-methyl/N-ethyl adjacent to an activating group) is 1. The predicted molar refractivity (Wildman–Crippen MR) is 59.1 cm³/mol. The second-order valence-electron chi connectivity index (χ2n) is 4.44. The number of carboxylic acids is 1. The molecule has 0 aliphatic carbocycles. The van der Waals surface area contributed by atoms with Gasteiger partial charge in [0.25, 0.3) is 0 Å². The molecule has 1 aromatic rings. The maximum absolute atomic E-state index is 11.1. The molecule has 16 heavy (non-hydrogen) atoms. The molecule has 0 amide bonds. The van der Waals surface area contributed by atoms with Crippen molar-refractivity contribution in [3.05, 3.63) is 17.8 Å². The molecule has 0 aliphatic rings. The topological polar surface area (TPSA) is 66.6 Å². The number of aryl methyl sites for hydroxylation is 1. The van der Waals surface area contributed by atoms with Crippen LogP contribution < -0.4 is 0 Å². The summed E-state index contributed by atoms with van der Waals surface area (Å²) >= 11 is 0. The monoisotopic (exact) mass is 226 g/mol. The van der Waals surface area contributed by atoms with E-state index in [1.165, 1.54) is 6.39 Å². The van der Waals surface area contributed by atoms with Gasteiger partial charge in [-0.25, -0.2) is 4.98 Å². The molecule has 0 saturated carbocycles. The van der Waals surface area contributed by atoms with Crippen LogP contribution in [0.1, 0.15) is 38.3 Å². The van der Waals surface area contributed by atoms with Gasteiger partial charge in [0, 0.05) is 0 Å². The summed E-state index contributed by atoms with van der Waals surface area (Å²) in [6, 6.07) is -0.107. The van der Waals surface area contributed by atoms with E-state index in [9.17, 15) is 4.79 Å². The third kappa shape index (κ3) is 2.09. The van der Waals surface area contributed by atoms with Crippen LogP contribution in [0.25, 0.3) is 0 Å². The highest BCUT2D eigenvalue weighted by Crippen LogP contribution is 2.27. The summed E-state index contributed by atoms with van der Waals surface area (Å²) in [5, 5.41) is 9.14. The molecular formula is C11H18N2O3. The van der Waals surface area contributed by atoms with Gasteiger partial charge in [0.1, 0.15) is 11.3 Å². The van der Waals surface area contributed by atoms with Crippen LogP contribution in [0.4, 0.5) is 0 Å². The average molecular weight is 226 g/mol. The summed E-state index contributed by atoms with van der Waals surface area (Å²) in [4.78, 5) is 17.0. The number of hydrogen-bond acceptors (Lipinski definition) is 4. The minimum atomic E-state index is -0.940. The minimum Gasteiger partial charge on any atom is -0.480 e. The van der Waals surface area contributed by atoms with E-state index in [-0.39, 0.29) is 6.04 Å². The SMILES string of the molecule is Cc1ocnc1C(C)N(C)C(C)(C)C(=O)O. The van der Waals surface area contributed by atoms with E-state index in [1.807, 2.05) is 13.8 Å². The number of carbonyl (C=O) groups is 1. The largest absolute Gasteiger partial charge is 0.480 e. The van der Waals surface area contributed by atoms with Crippen LogP contribution in [-0.4, -0.2) is 33.5 Å². The lowest BCUT2D eigenvalue weighted by atomic mass is 10.0. The summed E-state index contributed by atoms with van der Waals surface area (Å²) in [5.41, 5.74) is -0.165. The highest BCUT2D eigenvalue weighted by molar-refractivity contribution is 5.77. The molecule has 0 aliphatic heterocycles. The third-order valence-electron chi connectivity index (χ3n) is 3.16. The van der Waals surface area contributed by atoms with Gasteiger partial charge >= 0.3 is 5.97 Å². The molecule has 5 nitrogen and oxygen atoms in total. The highest BCUT2D eigenvalue weighted by atomic mass is 16.4. The lowest BCUT2D eigenvalue weighted by Gasteiger charge is -2.35. The van der Waals surface area contributed by atoms with Crippen molar-refractivity contribution in [3.63, 3.8) is 0 Å². The highest BCUT2D eigenvalue weighted by Gasteiger charge is 2.36. The number of nitrogens with zero attached hydrogens (tertiary/aromatic N) is 2.